The molecule has 1 fully saturated rings. The maximum atomic E-state index is 12.9. The molecule has 0 bridgehead atoms. The third kappa shape index (κ3) is 2.38. The van der Waals surface area contributed by atoms with Crippen molar-refractivity contribution in [2.45, 2.75) is 26.3 Å². The summed E-state index contributed by atoms with van der Waals surface area (Å²) in [5, 5.41) is 2.86. The van der Waals surface area contributed by atoms with Gasteiger partial charge in [-0.1, -0.05) is 0 Å². The lowest BCUT2D eigenvalue weighted by molar-refractivity contribution is 0.0108. The predicted molar refractivity (Wildman–Crippen MR) is 61.9 cm³/mol. The summed E-state index contributed by atoms with van der Waals surface area (Å²) in [5.74, 6) is 0.317. The van der Waals surface area contributed by atoms with Crippen molar-refractivity contribution in [1.29, 1.82) is 0 Å². The first-order valence-electron chi connectivity index (χ1n) is 5.87. The van der Waals surface area contributed by atoms with Crippen molar-refractivity contribution in [3.8, 4) is 0 Å². The van der Waals surface area contributed by atoms with E-state index in [1.165, 1.54) is 4.90 Å². The molecule has 1 amide bonds. The normalized spacial score (nSPS) is 20.5. The van der Waals surface area contributed by atoms with Crippen LogP contribution in [-0.4, -0.2) is 42.9 Å². The Morgan fingerprint density at radius 1 is 1.56 bits per heavy atom. The van der Waals surface area contributed by atoms with E-state index in [9.17, 15) is 13.6 Å². The number of furan rings is 1. The number of hydrogen-bond acceptors (Lipinski definition) is 3. The van der Waals surface area contributed by atoms with Crippen LogP contribution in [0.15, 0.2) is 10.5 Å². The van der Waals surface area contributed by atoms with Crippen LogP contribution in [0.25, 0.3) is 0 Å². The molecule has 0 aliphatic carbocycles. The van der Waals surface area contributed by atoms with Crippen molar-refractivity contribution < 1.29 is 18.0 Å². The average Bonchev–Trinajstić information content (AvgIpc) is 2.68. The second-order valence-corrected chi connectivity index (χ2v) is 4.45. The van der Waals surface area contributed by atoms with E-state index in [-0.39, 0.29) is 18.8 Å². The molecule has 100 valence electrons. The summed E-state index contributed by atoms with van der Waals surface area (Å²) in [6, 6.07) is 0.513. The van der Waals surface area contributed by atoms with E-state index in [4.69, 9.17) is 4.42 Å². The van der Waals surface area contributed by atoms with Crippen molar-refractivity contribution in [3.05, 3.63) is 23.2 Å². The van der Waals surface area contributed by atoms with Crippen LogP contribution in [0, 0.1) is 13.8 Å². The number of nitrogens with zero attached hydrogens (tertiary/aromatic N) is 1. The van der Waals surface area contributed by atoms with Gasteiger partial charge in [0, 0.05) is 19.6 Å². The Kier molecular flexibility index (Phi) is 3.65. The lowest BCUT2D eigenvalue weighted by Gasteiger charge is -2.35. The number of hydrogen-bond donors (Lipinski definition) is 1. The van der Waals surface area contributed by atoms with Gasteiger partial charge in [-0.25, -0.2) is 8.78 Å². The minimum absolute atomic E-state index is 0.113. The molecule has 1 atom stereocenters. The fourth-order valence-electron chi connectivity index (χ4n) is 2.02. The summed E-state index contributed by atoms with van der Waals surface area (Å²) >= 11 is 0. The summed E-state index contributed by atoms with van der Waals surface area (Å²) in [6.07, 6.45) is -2.56. The largest absolute Gasteiger partial charge is 0.456 e. The monoisotopic (exact) mass is 258 g/mol. The number of carbonyl (C=O) groups is 1. The molecule has 0 saturated carbocycles. The molecule has 0 radical (unpaired) electrons. The van der Waals surface area contributed by atoms with Gasteiger partial charge in [-0.3, -0.25) is 4.79 Å². The van der Waals surface area contributed by atoms with Crippen molar-refractivity contribution in [1.82, 2.24) is 10.2 Å². The number of aryl methyl sites for hydroxylation is 2. The average molecular weight is 258 g/mol. The second-order valence-electron chi connectivity index (χ2n) is 4.45. The first-order chi connectivity index (χ1) is 8.50. The van der Waals surface area contributed by atoms with Crippen molar-refractivity contribution >= 4 is 5.91 Å². The Balaban J connectivity index is 2.20. The maximum absolute atomic E-state index is 12.9. The standard InChI is InChI=1S/C12H16F2N2O2/c1-7-5-10(18-8(7)2)12(17)16-4-3-15-6-9(16)11(13)14/h5,9,11,15H,3-4,6H2,1-2H3. The highest BCUT2D eigenvalue weighted by Gasteiger charge is 2.34. The highest BCUT2D eigenvalue weighted by molar-refractivity contribution is 5.92. The number of nitrogens with one attached hydrogen (secondary N) is 1. The van der Waals surface area contributed by atoms with Crippen LogP contribution < -0.4 is 5.32 Å². The first kappa shape index (κ1) is 13.0. The molecule has 0 aromatic carbocycles. The molecule has 6 heteroatoms. The molecule has 4 nitrogen and oxygen atoms in total. The molecule has 2 heterocycles. The zero-order chi connectivity index (χ0) is 13.3. The van der Waals surface area contributed by atoms with E-state index in [0.717, 1.165) is 5.56 Å². The Bertz CT molecular complexity index is 426. The highest BCUT2D eigenvalue weighted by Crippen LogP contribution is 2.19. The van der Waals surface area contributed by atoms with E-state index in [0.29, 0.717) is 12.3 Å². The Morgan fingerprint density at radius 2 is 2.28 bits per heavy atom. The minimum atomic E-state index is -2.56. The Hall–Kier alpha value is -1.43. The minimum Gasteiger partial charge on any atom is -0.456 e. The van der Waals surface area contributed by atoms with E-state index < -0.39 is 18.4 Å². The molecule has 1 N–H and O–H groups in total. The number of piperazine rings is 1. The van der Waals surface area contributed by atoms with Crippen LogP contribution >= 0.6 is 0 Å². The summed E-state index contributed by atoms with van der Waals surface area (Å²) in [4.78, 5) is 13.3. The summed E-state index contributed by atoms with van der Waals surface area (Å²) in [5.41, 5.74) is 0.849. The van der Waals surface area contributed by atoms with E-state index >= 15 is 0 Å². The molecule has 1 aromatic heterocycles. The molecule has 1 aromatic rings. The van der Waals surface area contributed by atoms with Crippen LogP contribution in [0.2, 0.25) is 0 Å². The molecule has 2 rings (SSSR count). The topological polar surface area (TPSA) is 45.5 Å². The van der Waals surface area contributed by atoms with E-state index in [1.807, 2.05) is 6.92 Å². The fraction of sp³-hybridized carbons (Fsp3) is 0.583. The second kappa shape index (κ2) is 5.06. The molecular weight excluding hydrogens is 242 g/mol. The van der Waals surface area contributed by atoms with Gasteiger partial charge in [-0.15, -0.1) is 0 Å². The lowest BCUT2D eigenvalue weighted by atomic mass is 10.2. The quantitative estimate of drug-likeness (QED) is 0.876. The fourth-order valence-corrected chi connectivity index (χ4v) is 2.02. The third-order valence-electron chi connectivity index (χ3n) is 3.21. The van der Waals surface area contributed by atoms with Crippen molar-refractivity contribution in [2.75, 3.05) is 19.6 Å². The van der Waals surface area contributed by atoms with Crippen LogP contribution in [0.4, 0.5) is 8.78 Å². The summed E-state index contributed by atoms with van der Waals surface area (Å²) in [7, 11) is 0. The number of amides is 1. The van der Waals surface area contributed by atoms with Gasteiger partial charge in [0.15, 0.2) is 5.76 Å². The Morgan fingerprint density at radius 3 is 2.83 bits per heavy atom. The SMILES string of the molecule is Cc1cc(C(=O)N2CCNCC2C(F)F)oc1C. The molecule has 1 aliphatic heterocycles. The van der Waals surface area contributed by atoms with Gasteiger partial charge in [0.25, 0.3) is 12.3 Å². The third-order valence-corrected chi connectivity index (χ3v) is 3.21. The van der Waals surface area contributed by atoms with Crippen LogP contribution in [0.1, 0.15) is 21.9 Å². The van der Waals surface area contributed by atoms with Crippen molar-refractivity contribution in [3.63, 3.8) is 0 Å². The summed E-state index contributed by atoms with van der Waals surface area (Å²) < 4.78 is 31.0. The number of rotatable bonds is 2. The molecule has 1 unspecified atom stereocenters. The number of alkyl halides is 2. The smallest absolute Gasteiger partial charge is 0.290 e. The van der Waals surface area contributed by atoms with E-state index in [2.05, 4.69) is 5.32 Å². The van der Waals surface area contributed by atoms with Gasteiger partial charge in [0.2, 0.25) is 0 Å². The van der Waals surface area contributed by atoms with Crippen LogP contribution in [-0.2, 0) is 0 Å². The maximum Gasteiger partial charge on any atom is 0.290 e. The van der Waals surface area contributed by atoms with Gasteiger partial charge < -0.3 is 14.6 Å². The highest BCUT2D eigenvalue weighted by atomic mass is 19.3. The molecule has 0 spiro atoms. The van der Waals surface area contributed by atoms with Gasteiger partial charge in [0.1, 0.15) is 11.8 Å². The molecule has 1 aliphatic rings. The van der Waals surface area contributed by atoms with Gasteiger partial charge >= 0.3 is 0 Å². The number of halogens is 2. The molecule has 18 heavy (non-hydrogen) atoms. The van der Waals surface area contributed by atoms with Crippen LogP contribution in [0.5, 0.6) is 0 Å². The lowest BCUT2D eigenvalue weighted by Crippen LogP contribution is -2.56. The van der Waals surface area contributed by atoms with Gasteiger partial charge in [-0.2, -0.15) is 0 Å². The van der Waals surface area contributed by atoms with Gasteiger partial charge in [-0.05, 0) is 25.5 Å². The van der Waals surface area contributed by atoms with E-state index in [1.54, 1.807) is 13.0 Å². The molecular formula is C12H16F2N2O2. The Labute approximate surface area is 104 Å². The van der Waals surface area contributed by atoms with Crippen LogP contribution in [0.3, 0.4) is 0 Å². The zero-order valence-corrected chi connectivity index (χ0v) is 10.4. The number of carbonyl (C=O) groups excluding carboxylic acids is 1. The van der Waals surface area contributed by atoms with Gasteiger partial charge in [0.05, 0.1) is 0 Å². The summed E-state index contributed by atoms with van der Waals surface area (Å²) in [6.45, 7) is 4.47. The van der Waals surface area contributed by atoms with Crippen molar-refractivity contribution in [2.24, 2.45) is 0 Å². The predicted octanol–water partition coefficient (Wildman–Crippen LogP) is 1.58. The molecule has 1 saturated heterocycles. The first-order valence-corrected chi connectivity index (χ1v) is 5.87. The zero-order valence-electron chi connectivity index (χ0n) is 10.4.